The zero-order valence-electron chi connectivity index (χ0n) is 19.7. The molecule has 0 aliphatic heterocycles. The van der Waals surface area contributed by atoms with Gasteiger partial charge in [-0.1, -0.05) is 48.5 Å². The second-order valence-corrected chi connectivity index (χ2v) is 8.66. The van der Waals surface area contributed by atoms with E-state index in [1.54, 1.807) is 16.9 Å². The van der Waals surface area contributed by atoms with Crippen LogP contribution in [0.5, 0.6) is 0 Å². The minimum atomic E-state index is -0.368. The first-order chi connectivity index (χ1) is 18.2. The number of rotatable bonds is 6. The number of carbonyl (C=O) groups excluding carboxylic acids is 1. The lowest BCUT2D eigenvalue weighted by molar-refractivity contribution is 0.102. The van der Waals surface area contributed by atoms with E-state index in [0.29, 0.717) is 5.56 Å². The van der Waals surface area contributed by atoms with Gasteiger partial charge in [-0.2, -0.15) is 10.4 Å². The number of amides is 1. The molecule has 0 saturated heterocycles. The van der Waals surface area contributed by atoms with Gasteiger partial charge < -0.3 is 10.3 Å². The molecule has 1 atom stereocenters. The number of nitrogens with zero attached hydrogens (tertiary/aromatic N) is 5. The molecule has 1 amide bonds. The molecule has 0 fully saturated rings. The van der Waals surface area contributed by atoms with Crippen molar-refractivity contribution in [2.24, 2.45) is 0 Å². The van der Waals surface area contributed by atoms with Crippen molar-refractivity contribution in [3.63, 3.8) is 0 Å². The van der Waals surface area contributed by atoms with E-state index in [2.05, 4.69) is 31.4 Å². The Kier molecular flexibility index (Phi) is 5.64. The van der Waals surface area contributed by atoms with Gasteiger partial charge in [0.2, 0.25) is 0 Å². The van der Waals surface area contributed by atoms with Crippen LogP contribution in [0.25, 0.3) is 33.1 Å². The van der Waals surface area contributed by atoms with E-state index >= 15 is 0 Å². The van der Waals surface area contributed by atoms with E-state index in [4.69, 9.17) is 0 Å². The standard InChI is InChI=1S/C29H21N7O/c30-13-11-26(36-17-22(16-34-36)27-24-12-14-31-28(24)33-18-32-27)20-7-3-8-21(15-20)29(37)35-25-10-4-6-19-5-1-2-9-23(19)25/h1-10,12,14-18,26H,11H2,(H,35,37)(H,31,32,33). The Balaban J connectivity index is 1.31. The van der Waals surface area contributed by atoms with Gasteiger partial charge in [0.05, 0.1) is 30.4 Å². The van der Waals surface area contributed by atoms with Crippen LogP contribution in [0, 0.1) is 11.3 Å². The quantitative estimate of drug-likeness (QED) is 0.314. The molecule has 0 spiro atoms. The van der Waals surface area contributed by atoms with Crippen molar-refractivity contribution in [1.82, 2.24) is 24.7 Å². The molecule has 1 unspecified atom stereocenters. The number of benzene rings is 3. The average Bonchev–Trinajstić information content (AvgIpc) is 3.62. The first-order valence-electron chi connectivity index (χ1n) is 11.8. The van der Waals surface area contributed by atoms with Crippen LogP contribution < -0.4 is 5.32 Å². The third-order valence-electron chi connectivity index (χ3n) is 6.40. The number of nitrogens with one attached hydrogen (secondary N) is 2. The van der Waals surface area contributed by atoms with Crippen LogP contribution in [0.15, 0.2) is 97.7 Å². The molecule has 3 aromatic heterocycles. The molecule has 0 aliphatic carbocycles. The summed E-state index contributed by atoms with van der Waals surface area (Å²) in [5.74, 6) is -0.217. The second-order valence-electron chi connectivity index (χ2n) is 8.66. The lowest BCUT2D eigenvalue weighted by Gasteiger charge is -2.16. The normalized spacial score (nSPS) is 11.9. The van der Waals surface area contributed by atoms with Crippen molar-refractivity contribution < 1.29 is 4.79 Å². The number of aromatic amines is 1. The summed E-state index contributed by atoms with van der Waals surface area (Å²) in [4.78, 5) is 25.0. The van der Waals surface area contributed by atoms with Crippen LogP contribution in [-0.4, -0.2) is 30.6 Å². The third kappa shape index (κ3) is 4.19. The Morgan fingerprint density at radius 1 is 1.03 bits per heavy atom. The maximum absolute atomic E-state index is 13.2. The number of anilines is 1. The molecule has 37 heavy (non-hydrogen) atoms. The molecule has 3 heterocycles. The molecule has 0 aliphatic rings. The summed E-state index contributed by atoms with van der Waals surface area (Å²) in [6.07, 6.45) is 7.13. The minimum Gasteiger partial charge on any atom is -0.346 e. The van der Waals surface area contributed by atoms with Crippen LogP contribution >= 0.6 is 0 Å². The lowest BCUT2D eigenvalue weighted by atomic mass is 10.0. The van der Waals surface area contributed by atoms with Gasteiger partial charge in [0.1, 0.15) is 12.0 Å². The summed E-state index contributed by atoms with van der Waals surface area (Å²) in [6, 6.07) is 24.9. The first-order valence-corrected chi connectivity index (χ1v) is 11.8. The highest BCUT2D eigenvalue weighted by atomic mass is 16.1. The van der Waals surface area contributed by atoms with Crippen LogP contribution in [0.1, 0.15) is 28.4 Å². The number of aromatic nitrogens is 5. The van der Waals surface area contributed by atoms with Crippen molar-refractivity contribution in [3.05, 3.63) is 109 Å². The maximum atomic E-state index is 13.2. The third-order valence-corrected chi connectivity index (χ3v) is 6.40. The summed E-state index contributed by atoms with van der Waals surface area (Å²) >= 11 is 0. The van der Waals surface area contributed by atoms with E-state index in [1.165, 1.54) is 6.33 Å². The largest absolute Gasteiger partial charge is 0.346 e. The molecule has 8 heteroatoms. The molecule has 6 aromatic rings. The topological polar surface area (TPSA) is 112 Å². The molecule has 8 nitrogen and oxygen atoms in total. The van der Waals surface area contributed by atoms with Crippen LogP contribution in [-0.2, 0) is 0 Å². The summed E-state index contributed by atoms with van der Waals surface area (Å²) in [6.45, 7) is 0. The fourth-order valence-electron chi connectivity index (χ4n) is 4.60. The molecular formula is C29H21N7O. The van der Waals surface area contributed by atoms with Gasteiger partial charge in [0.15, 0.2) is 0 Å². The minimum absolute atomic E-state index is 0.193. The average molecular weight is 484 g/mol. The van der Waals surface area contributed by atoms with Crippen LogP contribution in [0.4, 0.5) is 5.69 Å². The molecular weight excluding hydrogens is 462 g/mol. The SMILES string of the molecule is N#CCC(c1cccc(C(=O)Nc2cccc3ccccc23)c1)n1cc(-c2ncnc3[nH]ccc23)cn1. The van der Waals surface area contributed by atoms with Crippen molar-refractivity contribution in [1.29, 1.82) is 5.26 Å². The Bertz CT molecular complexity index is 1790. The molecule has 0 saturated carbocycles. The van der Waals surface area contributed by atoms with Gasteiger partial charge in [-0.3, -0.25) is 9.48 Å². The summed E-state index contributed by atoms with van der Waals surface area (Å²) in [7, 11) is 0. The van der Waals surface area contributed by atoms with E-state index in [9.17, 15) is 10.1 Å². The van der Waals surface area contributed by atoms with Crippen molar-refractivity contribution in [2.45, 2.75) is 12.5 Å². The fourth-order valence-corrected chi connectivity index (χ4v) is 4.60. The van der Waals surface area contributed by atoms with Gasteiger partial charge >= 0.3 is 0 Å². The van der Waals surface area contributed by atoms with Crippen molar-refractivity contribution in [3.8, 4) is 17.3 Å². The zero-order valence-corrected chi connectivity index (χ0v) is 19.7. The van der Waals surface area contributed by atoms with Gasteiger partial charge in [-0.05, 0) is 35.2 Å². The smallest absolute Gasteiger partial charge is 0.255 e. The maximum Gasteiger partial charge on any atom is 0.255 e. The summed E-state index contributed by atoms with van der Waals surface area (Å²) < 4.78 is 1.75. The van der Waals surface area contributed by atoms with Gasteiger partial charge in [-0.15, -0.1) is 0 Å². The van der Waals surface area contributed by atoms with Crippen molar-refractivity contribution in [2.75, 3.05) is 5.32 Å². The number of H-pyrrole nitrogens is 1. The molecule has 6 rings (SSSR count). The van der Waals surface area contributed by atoms with Gasteiger partial charge in [0, 0.05) is 40.0 Å². The molecule has 0 bridgehead atoms. The van der Waals surface area contributed by atoms with Gasteiger partial charge in [-0.25, -0.2) is 9.97 Å². The zero-order chi connectivity index (χ0) is 25.2. The molecule has 3 aromatic carbocycles. The van der Waals surface area contributed by atoms with Crippen LogP contribution in [0.3, 0.4) is 0 Å². The predicted molar refractivity (Wildman–Crippen MR) is 142 cm³/mol. The Morgan fingerprint density at radius 3 is 2.81 bits per heavy atom. The number of hydrogen-bond donors (Lipinski definition) is 2. The van der Waals surface area contributed by atoms with E-state index in [1.807, 2.05) is 79.1 Å². The molecule has 0 radical (unpaired) electrons. The van der Waals surface area contributed by atoms with Gasteiger partial charge in [0.25, 0.3) is 5.91 Å². The Hall–Kier alpha value is -5.29. The van der Waals surface area contributed by atoms with E-state index < -0.39 is 0 Å². The highest BCUT2D eigenvalue weighted by molar-refractivity contribution is 6.09. The molecule has 2 N–H and O–H groups in total. The lowest BCUT2D eigenvalue weighted by Crippen LogP contribution is -2.15. The highest BCUT2D eigenvalue weighted by Gasteiger charge is 2.19. The predicted octanol–water partition coefficient (Wildman–Crippen LogP) is 5.73. The number of fused-ring (bicyclic) bond motifs is 2. The number of nitriles is 1. The van der Waals surface area contributed by atoms with E-state index in [0.717, 1.165) is 44.3 Å². The first kappa shape index (κ1) is 22.2. The second kappa shape index (κ2) is 9.40. The summed E-state index contributed by atoms with van der Waals surface area (Å²) in [5.41, 5.74) is 4.40. The monoisotopic (exact) mass is 483 g/mol. The van der Waals surface area contributed by atoms with Crippen molar-refractivity contribution >= 4 is 33.4 Å². The fraction of sp³-hybridized carbons (Fsp3) is 0.0690. The Morgan fingerprint density at radius 2 is 1.89 bits per heavy atom. The van der Waals surface area contributed by atoms with E-state index in [-0.39, 0.29) is 18.4 Å². The molecule has 178 valence electrons. The number of carbonyl (C=O) groups is 1. The number of hydrogen-bond acceptors (Lipinski definition) is 5. The highest BCUT2D eigenvalue weighted by Crippen LogP contribution is 2.29. The summed E-state index contributed by atoms with van der Waals surface area (Å²) in [5, 5.41) is 20.1. The Labute approximate surface area is 212 Å². The van der Waals surface area contributed by atoms with Crippen LogP contribution in [0.2, 0.25) is 0 Å².